The molecule has 0 saturated carbocycles. The molecule has 1 aliphatic heterocycles. The lowest BCUT2D eigenvalue weighted by molar-refractivity contribution is -0.677. The van der Waals surface area contributed by atoms with Crippen LogP contribution in [0, 0.1) is 6.92 Å². The Hall–Kier alpha value is -2.10. The van der Waals surface area contributed by atoms with Gasteiger partial charge >= 0.3 is 0 Å². The highest BCUT2D eigenvalue weighted by Crippen LogP contribution is 2.24. The van der Waals surface area contributed by atoms with E-state index in [1.807, 2.05) is 47.6 Å². The van der Waals surface area contributed by atoms with Gasteiger partial charge < -0.3 is 5.32 Å². The maximum absolute atomic E-state index is 12.4. The fourth-order valence-electron chi connectivity index (χ4n) is 2.72. The molecule has 20 heavy (non-hydrogen) atoms. The summed E-state index contributed by atoms with van der Waals surface area (Å²) in [5.41, 5.74) is 2.41. The van der Waals surface area contributed by atoms with E-state index in [1.165, 1.54) is 5.56 Å². The standard InChI is InChI=1S/C16H20N3O/c1-12-18(2)9-10-19(12)11-16(20)15-8-7-13-5-3-4-6-14(13)17-15/h3-6,9-10,15,17H,7-8,11H2,1-2H3/q+1. The number of aromatic nitrogens is 2. The minimum Gasteiger partial charge on any atom is -0.375 e. The van der Waals surface area contributed by atoms with Gasteiger partial charge in [-0.1, -0.05) is 18.2 Å². The Labute approximate surface area is 119 Å². The Morgan fingerprint density at radius 1 is 1.45 bits per heavy atom. The summed E-state index contributed by atoms with van der Waals surface area (Å²) >= 11 is 0. The summed E-state index contributed by atoms with van der Waals surface area (Å²) in [5, 5.41) is 3.37. The van der Waals surface area contributed by atoms with Crippen molar-refractivity contribution in [3.63, 3.8) is 0 Å². The lowest BCUT2D eigenvalue weighted by Gasteiger charge is -2.25. The Balaban J connectivity index is 1.72. The van der Waals surface area contributed by atoms with Crippen LogP contribution in [0.4, 0.5) is 5.69 Å². The van der Waals surface area contributed by atoms with Crippen LogP contribution >= 0.6 is 0 Å². The zero-order chi connectivity index (χ0) is 14.1. The molecule has 1 N–H and O–H groups in total. The quantitative estimate of drug-likeness (QED) is 0.861. The number of anilines is 1. The maximum Gasteiger partial charge on any atom is 0.253 e. The number of para-hydroxylation sites is 1. The van der Waals surface area contributed by atoms with E-state index in [-0.39, 0.29) is 11.8 Å². The third-order valence-corrected chi connectivity index (χ3v) is 4.16. The molecule has 2 heterocycles. The number of fused-ring (bicyclic) bond motifs is 1. The molecule has 0 amide bonds. The Bertz CT molecular complexity index is 645. The van der Waals surface area contributed by atoms with E-state index in [4.69, 9.17) is 0 Å². The van der Waals surface area contributed by atoms with Crippen LogP contribution in [0.1, 0.15) is 17.8 Å². The number of imidazole rings is 1. The number of hydrogen-bond donors (Lipinski definition) is 1. The van der Waals surface area contributed by atoms with Gasteiger partial charge in [-0.2, -0.15) is 0 Å². The number of rotatable bonds is 3. The van der Waals surface area contributed by atoms with Crippen LogP contribution in [0.25, 0.3) is 0 Å². The van der Waals surface area contributed by atoms with Gasteiger partial charge in [-0.15, -0.1) is 0 Å². The number of aryl methyl sites for hydroxylation is 2. The van der Waals surface area contributed by atoms with Crippen LogP contribution in [-0.4, -0.2) is 16.4 Å². The molecular weight excluding hydrogens is 250 g/mol. The highest BCUT2D eigenvalue weighted by atomic mass is 16.1. The van der Waals surface area contributed by atoms with Crippen LogP contribution in [0.2, 0.25) is 0 Å². The molecule has 1 aliphatic rings. The molecule has 1 atom stereocenters. The van der Waals surface area contributed by atoms with Crippen molar-refractivity contribution in [2.75, 3.05) is 5.32 Å². The van der Waals surface area contributed by atoms with Crippen molar-refractivity contribution in [3.05, 3.63) is 48.0 Å². The number of carbonyl (C=O) groups is 1. The summed E-state index contributed by atoms with van der Waals surface area (Å²) in [6.45, 7) is 2.46. The number of nitrogens with one attached hydrogen (secondary N) is 1. The van der Waals surface area contributed by atoms with Gasteiger partial charge in [0.2, 0.25) is 0 Å². The maximum atomic E-state index is 12.4. The number of ketones is 1. The Morgan fingerprint density at radius 2 is 2.25 bits per heavy atom. The van der Waals surface area contributed by atoms with Gasteiger partial charge in [0.15, 0.2) is 12.3 Å². The van der Waals surface area contributed by atoms with Gasteiger partial charge in [-0.05, 0) is 24.5 Å². The number of nitrogens with zero attached hydrogens (tertiary/aromatic N) is 2. The molecule has 4 nitrogen and oxygen atoms in total. The average molecular weight is 270 g/mol. The van der Waals surface area contributed by atoms with Gasteiger partial charge in [0.25, 0.3) is 5.82 Å². The van der Waals surface area contributed by atoms with Gasteiger partial charge in [-0.25, -0.2) is 9.13 Å². The predicted molar refractivity (Wildman–Crippen MR) is 77.5 cm³/mol. The molecule has 4 heteroatoms. The van der Waals surface area contributed by atoms with Crippen LogP contribution < -0.4 is 9.88 Å². The molecule has 2 aromatic rings. The van der Waals surface area contributed by atoms with Crippen molar-refractivity contribution in [2.45, 2.75) is 32.4 Å². The van der Waals surface area contributed by atoms with E-state index < -0.39 is 0 Å². The van der Waals surface area contributed by atoms with E-state index in [0.29, 0.717) is 6.54 Å². The summed E-state index contributed by atoms with van der Waals surface area (Å²) in [7, 11) is 1.99. The third kappa shape index (κ3) is 2.33. The minimum atomic E-state index is -0.0722. The highest BCUT2D eigenvalue weighted by Gasteiger charge is 2.25. The predicted octanol–water partition coefficient (Wildman–Crippen LogP) is 1.62. The second-order valence-corrected chi connectivity index (χ2v) is 5.44. The largest absolute Gasteiger partial charge is 0.375 e. The Morgan fingerprint density at radius 3 is 3.00 bits per heavy atom. The smallest absolute Gasteiger partial charge is 0.253 e. The summed E-state index contributed by atoms with van der Waals surface area (Å²) < 4.78 is 4.03. The van der Waals surface area contributed by atoms with Gasteiger partial charge in [-0.3, -0.25) is 4.79 Å². The Kier molecular flexibility index (Phi) is 3.30. The zero-order valence-electron chi connectivity index (χ0n) is 12.0. The highest BCUT2D eigenvalue weighted by molar-refractivity contribution is 5.87. The van der Waals surface area contributed by atoms with E-state index in [0.717, 1.165) is 24.4 Å². The lowest BCUT2D eigenvalue weighted by atomic mass is 9.95. The fourth-order valence-corrected chi connectivity index (χ4v) is 2.72. The van der Waals surface area contributed by atoms with E-state index >= 15 is 0 Å². The summed E-state index contributed by atoms with van der Waals surface area (Å²) in [5.74, 6) is 1.34. The molecule has 104 valence electrons. The van der Waals surface area contributed by atoms with E-state index in [9.17, 15) is 4.79 Å². The van der Waals surface area contributed by atoms with Gasteiger partial charge in [0, 0.05) is 12.6 Å². The van der Waals surface area contributed by atoms with Crippen LogP contribution in [0.5, 0.6) is 0 Å². The third-order valence-electron chi connectivity index (χ3n) is 4.16. The topological polar surface area (TPSA) is 37.9 Å². The normalized spacial score (nSPS) is 17.4. The van der Waals surface area contributed by atoms with Gasteiger partial charge in [0.1, 0.15) is 12.4 Å². The van der Waals surface area contributed by atoms with Crippen molar-refractivity contribution in [1.29, 1.82) is 0 Å². The van der Waals surface area contributed by atoms with Crippen molar-refractivity contribution in [3.8, 4) is 0 Å². The van der Waals surface area contributed by atoms with Gasteiger partial charge in [0.05, 0.1) is 13.1 Å². The second kappa shape index (κ2) is 5.12. The first-order valence-corrected chi connectivity index (χ1v) is 7.03. The molecular formula is C16H20N3O+. The minimum absolute atomic E-state index is 0.0722. The second-order valence-electron chi connectivity index (χ2n) is 5.44. The average Bonchev–Trinajstić information content (AvgIpc) is 2.78. The molecule has 0 aliphatic carbocycles. The fraction of sp³-hybridized carbons (Fsp3) is 0.375. The molecule has 1 aromatic heterocycles. The molecule has 1 unspecified atom stereocenters. The van der Waals surface area contributed by atoms with E-state index in [1.54, 1.807) is 0 Å². The molecule has 0 spiro atoms. The van der Waals surface area contributed by atoms with Crippen molar-refractivity contribution in [2.24, 2.45) is 7.05 Å². The zero-order valence-corrected chi connectivity index (χ0v) is 12.0. The first-order chi connectivity index (χ1) is 9.65. The molecule has 0 radical (unpaired) electrons. The first kappa shape index (κ1) is 12.9. The lowest BCUT2D eigenvalue weighted by Crippen LogP contribution is -2.37. The van der Waals surface area contributed by atoms with Crippen molar-refractivity contribution in [1.82, 2.24) is 4.57 Å². The van der Waals surface area contributed by atoms with Crippen LogP contribution in [0.15, 0.2) is 36.7 Å². The molecule has 0 bridgehead atoms. The monoisotopic (exact) mass is 270 g/mol. The summed E-state index contributed by atoms with van der Waals surface area (Å²) in [6.07, 6.45) is 5.79. The summed E-state index contributed by atoms with van der Waals surface area (Å²) in [6, 6.07) is 8.16. The SMILES string of the molecule is Cc1n(CC(=O)C2CCc3ccccc3N2)cc[n+]1C. The number of carbonyl (C=O) groups excluding carboxylic acids is 1. The molecule has 0 fully saturated rings. The number of benzene rings is 1. The molecule has 1 aromatic carbocycles. The van der Waals surface area contributed by atoms with Crippen molar-refractivity contribution < 1.29 is 9.36 Å². The number of Topliss-reactive ketones (excluding diaryl/α,β-unsaturated/α-hetero) is 1. The number of hydrogen-bond acceptors (Lipinski definition) is 2. The first-order valence-electron chi connectivity index (χ1n) is 7.03. The van der Waals surface area contributed by atoms with Crippen molar-refractivity contribution >= 4 is 11.5 Å². The molecule has 0 saturated heterocycles. The van der Waals surface area contributed by atoms with E-state index in [2.05, 4.69) is 17.4 Å². The molecule has 3 rings (SSSR count). The summed E-state index contributed by atoms with van der Waals surface area (Å²) in [4.78, 5) is 12.4. The van der Waals surface area contributed by atoms with Crippen LogP contribution in [0.3, 0.4) is 0 Å². The van der Waals surface area contributed by atoms with Crippen LogP contribution in [-0.2, 0) is 24.8 Å².